The molecule has 0 atom stereocenters. The summed E-state index contributed by atoms with van der Waals surface area (Å²) in [6, 6.07) is 14.1. The Morgan fingerprint density at radius 1 is 0.909 bits per heavy atom. The average molecular weight is 441 g/mol. The highest BCUT2D eigenvalue weighted by atomic mass is 16.5. The molecule has 0 saturated carbocycles. The van der Waals surface area contributed by atoms with Crippen molar-refractivity contribution in [3.63, 3.8) is 0 Å². The van der Waals surface area contributed by atoms with Crippen molar-refractivity contribution in [1.82, 2.24) is 29.5 Å². The van der Waals surface area contributed by atoms with Crippen LogP contribution in [0.4, 0.5) is 5.82 Å². The highest BCUT2D eigenvalue weighted by Gasteiger charge is 2.22. The van der Waals surface area contributed by atoms with E-state index in [1.165, 1.54) is 5.56 Å². The van der Waals surface area contributed by atoms with Gasteiger partial charge in [0.2, 0.25) is 0 Å². The van der Waals surface area contributed by atoms with Crippen LogP contribution in [0.3, 0.4) is 0 Å². The first kappa shape index (κ1) is 19.7. The topological polar surface area (TPSA) is 87.0 Å². The van der Waals surface area contributed by atoms with Gasteiger partial charge in [-0.1, -0.05) is 23.8 Å². The number of anilines is 1. The Kier molecular flexibility index (Phi) is 4.69. The number of aromatic nitrogens is 6. The Hall–Kier alpha value is -3.98. The van der Waals surface area contributed by atoms with Crippen molar-refractivity contribution in [2.75, 3.05) is 31.2 Å². The fraction of sp³-hybridized carbons (Fsp3) is 0.250. The van der Waals surface area contributed by atoms with Crippen LogP contribution in [0.15, 0.2) is 59.3 Å². The van der Waals surface area contributed by atoms with E-state index in [9.17, 15) is 0 Å². The number of rotatable bonds is 4. The lowest BCUT2D eigenvalue weighted by Gasteiger charge is -2.27. The van der Waals surface area contributed by atoms with Crippen molar-refractivity contribution in [2.24, 2.45) is 7.05 Å². The number of aryl methyl sites for hydroxylation is 2. The molecule has 1 fully saturated rings. The van der Waals surface area contributed by atoms with E-state index in [-0.39, 0.29) is 0 Å². The summed E-state index contributed by atoms with van der Waals surface area (Å²) in [5.74, 6) is 1.90. The van der Waals surface area contributed by atoms with Gasteiger partial charge in [0.15, 0.2) is 17.2 Å². The molecule has 0 aliphatic carbocycles. The molecule has 9 heteroatoms. The second-order valence-electron chi connectivity index (χ2n) is 8.16. The molecule has 0 spiro atoms. The first-order valence-electron chi connectivity index (χ1n) is 10.9. The zero-order valence-corrected chi connectivity index (χ0v) is 18.5. The van der Waals surface area contributed by atoms with Gasteiger partial charge < -0.3 is 14.1 Å². The van der Waals surface area contributed by atoms with Gasteiger partial charge in [-0.3, -0.25) is 4.68 Å². The zero-order valence-electron chi connectivity index (χ0n) is 18.5. The van der Waals surface area contributed by atoms with Crippen molar-refractivity contribution < 1.29 is 9.15 Å². The van der Waals surface area contributed by atoms with Crippen molar-refractivity contribution in [1.29, 1.82) is 0 Å². The third-order valence-electron chi connectivity index (χ3n) is 5.73. The molecule has 0 unspecified atom stereocenters. The number of fused-ring (bicyclic) bond motifs is 1. The number of benzene rings is 1. The van der Waals surface area contributed by atoms with Crippen LogP contribution in [-0.4, -0.2) is 55.8 Å². The lowest BCUT2D eigenvalue weighted by atomic mass is 10.1. The minimum absolute atomic E-state index is 0.497. The van der Waals surface area contributed by atoms with E-state index in [0.717, 1.165) is 41.4 Å². The summed E-state index contributed by atoms with van der Waals surface area (Å²) in [4.78, 5) is 11.8. The van der Waals surface area contributed by atoms with Gasteiger partial charge in [0, 0.05) is 44.2 Å². The van der Waals surface area contributed by atoms with Gasteiger partial charge in [-0.15, -0.1) is 0 Å². The van der Waals surface area contributed by atoms with E-state index in [1.54, 1.807) is 9.36 Å². The fourth-order valence-corrected chi connectivity index (χ4v) is 4.06. The molecule has 6 rings (SSSR count). The summed E-state index contributed by atoms with van der Waals surface area (Å²) >= 11 is 0. The molecule has 5 heterocycles. The smallest absolute Gasteiger partial charge is 0.253 e. The Bertz CT molecular complexity index is 1440. The van der Waals surface area contributed by atoms with Crippen LogP contribution in [0.25, 0.3) is 39.8 Å². The summed E-state index contributed by atoms with van der Waals surface area (Å²) in [7, 11) is 1.88. The molecule has 4 aromatic heterocycles. The van der Waals surface area contributed by atoms with Crippen LogP contribution in [0, 0.1) is 6.92 Å². The summed E-state index contributed by atoms with van der Waals surface area (Å²) in [5, 5.41) is 9.22. The lowest BCUT2D eigenvalue weighted by molar-refractivity contribution is 0.122. The first-order valence-corrected chi connectivity index (χ1v) is 10.9. The summed E-state index contributed by atoms with van der Waals surface area (Å²) in [5.41, 5.74) is 5.24. The van der Waals surface area contributed by atoms with Gasteiger partial charge >= 0.3 is 0 Å². The Morgan fingerprint density at radius 3 is 2.55 bits per heavy atom. The third-order valence-corrected chi connectivity index (χ3v) is 5.73. The number of morpholine rings is 1. The molecule has 0 N–H and O–H groups in total. The molecule has 1 aliphatic rings. The van der Waals surface area contributed by atoms with Crippen LogP contribution in [0.1, 0.15) is 5.56 Å². The highest BCUT2D eigenvalue weighted by Crippen LogP contribution is 2.32. The van der Waals surface area contributed by atoms with Gasteiger partial charge in [-0.2, -0.15) is 15.2 Å². The van der Waals surface area contributed by atoms with E-state index in [1.807, 2.05) is 43.7 Å². The molecule has 1 aliphatic heterocycles. The molecular weight excluding hydrogens is 418 g/mol. The van der Waals surface area contributed by atoms with Gasteiger partial charge in [0.05, 0.1) is 18.9 Å². The van der Waals surface area contributed by atoms with Crippen LogP contribution in [-0.2, 0) is 11.8 Å². The predicted octanol–water partition coefficient (Wildman–Crippen LogP) is 3.62. The van der Waals surface area contributed by atoms with Crippen LogP contribution >= 0.6 is 0 Å². The Balaban J connectivity index is 1.47. The van der Waals surface area contributed by atoms with Crippen LogP contribution in [0.2, 0.25) is 0 Å². The molecule has 166 valence electrons. The average Bonchev–Trinajstić information content (AvgIpc) is 3.58. The number of ether oxygens (including phenoxy) is 1. The molecule has 1 saturated heterocycles. The van der Waals surface area contributed by atoms with Gasteiger partial charge in [-0.25, -0.2) is 9.67 Å². The molecule has 9 nitrogen and oxygen atoms in total. The SMILES string of the molecule is Cc1cccc(-c2ccn(-c3nc(N4CCOCC4)c4oc(-c5ccn(C)n5)cc4n3)n2)c1. The molecular formula is C24H23N7O2. The maximum Gasteiger partial charge on any atom is 0.253 e. The zero-order chi connectivity index (χ0) is 22.4. The standard InChI is InChI=1S/C24H23N7O2/c1-16-4-3-5-17(14-16)18-7-9-31(28-18)24-25-20-15-21(19-6-8-29(2)27-19)33-22(20)23(26-24)30-10-12-32-13-11-30/h3-9,14-15H,10-13H2,1-2H3. The van der Waals surface area contributed by atoms with Crippen LogP contribution < -0.4 is 4.90 Å². The van der Waals surface area contributed by atoms with E-state index < -0.39 is 0 Å². The third kappa shape index (κ3) is 3.66. The predicted molar refractivity (Wildman–Crippen MR) is 124 cm³/mol. The van der Waals surface area contributed by atoms with E-state index in [4.69, 9.17) is 24.2 Å². The Morgan fingerprint density at radius 2 is 1.76 bits per heavy atom. The van der Waals surface area contributed by atoms with Crippen LogP contribution in [0.5, 0.6) is 0 Å². The quantitative estimate of drug-likeness (QED) is 0.421. The van der Waals surface area contributed by atoms with Crippen molar-refractivity contribution in [3.05, 3.63) is 60.4 Å². The second kappa shape index (κ2) is 7.86. The van der Waals surface area contributed by atoms with Crippen molar-refractivity contribution in [2.45, 2.75) is 6.92 Å². The van der Waals surface area contributed by atoms with Crippen molar-refractivity contribution >= 4 is 16.9 Å². The summed E-state index contributed by atoms with van der Waals surface area (Å²) in [6.45, 7) is 4.84. The van der Waals surface area contributed by atoms with E-state index in [0.29, 0.717) is 30.5 Å². The monoisotopic (exact) mass is 441 g/mol. The number of furan rings is 1. The largest absolute Gasteiger partial charge is 0.449 e. The minimum atomic E-state index is 0.497. The Labute approximate surface area is 190 Å². The molecule has 0 bridgehead atoms. The van der Waals surface area contributed by atoms with Crippen molar-refractivity contribution in [3.8, 4) is 28.7 Å². The molecule has 0 amide bonds. The normalized spacial score (nSPS) is 14.3. The summed E-state index contributed by atoms with van der Waals surface area (Å²) < 4.78 is 15.2. The lowest BCUT2D eigenvalue weighted by Crippen LogP contribution is -2.37. The number of hydrogen-bond donors (Lipinski definition) is 0. The minimum Gasteiger partial charge on any atom is -0.449 e. The fourth-order valence-electron chi connectivity index (χ4n) is 4.06. The maximum atomic E-state index is 6.22. The van der Waals surface area contributed by atoms with E-state index in [2.05, 4.69) is 35.1 Å². The number of nitrogens with zero attached hydrogens (tertiary/aromatic N) is 7. The van der Waals surface area contributed by atoms with Gasteiger partial charge in [0.25, 0.3) is 5.95 Å². The van der Waals surface area contributed by atoms with Gasteiger partial charge in [0.1, 0.15) is 11.2 Å². The summed E-state index contributed by atoms with van der Waals surface area (Å²) in [6.07, 6.45) is 3.78. The molecule has 5 aromatic rings. The second-order valence-corrected chi connectivity index (χ2v) is 8.16. The maximum absolute atomic E-state index is 6.22. The first-order chi connectivity index (χ1) is 16.1. The molecule has 1 aromatic carbocycles. The molecule has 33 heavy (non-hydrogen) atoms. The highest BCUT2D eigenvalue weighted by molar-refractivity contribution is 5.88. The molecule has 0 radical (unpaired) electrons. The van der Waals surface area contributed by atoms with E-state index >= 15 is 0 Å². The number of hydrogen-bond acceptors (Lipinski definition) is 7. The van der Waals surface area contributed by atoms with Gasteiger partial charge in [-0.05, 0) is 25.1 Å².